The van der Waals surface area contributed by atoms with Crippen molar-refractivity contribution in [3.63, 3.8) is 0 Å². The van der Waals surface area contributed by atoms with Crippen molar-refractivity contribution in [2.24, 2.45) is 0 Å². The normalized spacial score (nSPS) is 18.4. The van der Waals surface area contributed by atoms with Crippen LogP contribution in [0.4, 0.5) is 20.3 Å². The molecule has 2 aliphatic rings. The van der Waals surface area contributed by atoms with E-state index in [9.17, 15) is 13.6 Å². The van der Waals surface area contributed by atoms with E-state index in [-0.39, 0.29) is 11.2 Å². The second-order valence-corrected chi connectivity index (χ2v) is 8.99. The van der Waals surface area contributed by atoms with Crippen LogP contribution in [-0.2, 0) is 6.54 Å². The van der Waals surface area contributed by atoms with Gasteiger partial charge in [0, 0.05) is 58.9 Å². The largest absolute Gasteiger partial charge is 0.363 e. The molecule has 5 rings (SSSR count). The lowest BCUT2D eigenvalue weighted by Crippen LogP contribution is -2.48. The minimum atomic E-state index is -0.517. The molecule has 2 fully saturated rings. The van der Waals surface area contributed by atoms with E-state index in [1.165, 1.54) is 12.1 Å². The Morgan fingerprint density at radius 3 is 2.27 bits per heavy atom. The van der Waals surface area contributed by atoms with Gasteiger partial charge in [0.05, 0.1) is 12.4 Å². The highest BCUT2D eigenvalue weighted by atomic mass is 19.1. The highest BCUT2D eigenvalue weighted by Crippen LogP contribution is 2.27. The summed E-state index contributed by atoms with van der Waals surface area (Å²) in [5.41, 5.74) is 0.990. The highest BCUT2D eigenvalue weighted by molar-refractivity contribution is 5.54. The number of aromatic amines is 1. The Labute approximate surface area is 191 Å². The summed E-state index contributed by atoms with van der Waals surface area (Å²) in [5, 5.41) is 0. The highest BCUT2D eigenvalue weighted by Gasteiger charge is 2.25. The van der Waals surface area contributed by atoms with E-state index in [1.54, 1.807) is 15.5 Å². The Kier molecular flexibility index (Phi) is 5.79. The van der Waals surface area contributed by atoms with Crippen LogP contribution in [0.5, 0.6) is 0 Å². The number of piperazine rings is 2. The zero-order chi connectivity index (χ0) is 23.1. The van der Waals surface area contributed by atoms with E-state index in [0.29, 0.717) is 49.6 Å². The Hall–Kier alpha value is -2.98. The van der Waals surface area contributed by atoms with Crippen LogP contribution in [-0.4, -0.2) is 83.6 Å². The van der Waals surface area contributed by atoms with Crippen LogP contribution in [0.25, 0.3) is 5.52 Å². The Bertz CT molecular complexity index is 1180. The molecule has 0 unspecified atom stereocenters. The number of imidazole rings is 1. The standard InChI is InChI=1S/C23H29F2N7O/c1-16-26-13-20-23(33)27-21(15-32(16)20)30-7-9-31(10-8-30)22-18(24)11-17(12-19(22)25)14-29-5-3-28(2)4-6-29/h11-13,15H,3-10,14H2,1-2H3,(H,27,33). The summed E-state index contributed by atoms with van der Waals surface area (Å²) >= 11 is 0. The summed E-state index contributed by atoms with van der Waals surface area (Å²) in [7, 11) is 2.08. The number of hydrogen-bond acceptors (Lipinski definition) is 6. The van der Waals surface area contributed by atoms with Gasteiger partial charge in [0.15, 0.2) is 0 Å². The van der Waals surface area contributed by atoms with Crippen molar-refractivity contribution >= 4 is 17.0 Å². The molecule has 176 valence electrons. The summed E-state index contributed by atoms with van der Waals surface area (Å²) in [6.07, 6.45) is 3.40. The fourth-order valence-electron chi connectivity index (χ4n) is 4.73. The number of likely N-dealkylation sites (N-methyl/N-ethyl adjacent to an activating group) is 1. The Morgan fingerprint density at radius 1 is 0.970 bits per heavy atom. The van der Waals surface area contributed by atoms with Crippen molar-refractivity contribution < 1.29 is 8.78 Å². The van der Waals surface area contributed by atoms with Crippen LogP contribution in [0.1, 0.15) is 11.4 Å². The molecule has 0 atom stereocenters. The molecule has 2 aromatic heterocycles. The van der Waals surface area contributed by atoms with Gasteiger partial charge in [0.25, 0.3) is 5.56 Å². The zero-order valence-electron chi connectivity index (χ0n) is 19.0. The predicted octanol–water partition coefficient (Wildman–Crippen LogP) is 1.68. The smallest absolute Gasteiger partial charge is 0.275 e. The van der Waals surface area contributed by atoms with Crippen molar-refractivity contribution in [1.29, 1.82) is 0 Å². The monoisotopic (exact) mass is 457 g/mol. The van der Waals surface area contributed by atoms with Gasteiger partial charge in [0.2, 0.25) is 0 Å². The van der Waals surface area contributed by atoms with E-state index in [4.69, 9.17) is 0 Å². The molecule has 2 saturated heterocycles. The lowest BCUT2D eigenvalue weighted by molar-refractivity contribution is 0.148. The van der Waals surface area contributed by atoms with E-state index in [1.807, 2.05) is 18.0 Å². The number of aromatic nitrogens is 3. The fraction of sp³-hybridized carbons (Fsp3) is 0.478. The van der Waals surface area contributed by atoms with Crippen LogP contribution >= 0.6 is 0 Å². The van der Waals surface area contributed by atoms with Crippen LogP contribution in [0.3, 0.4) is 0 Å². The van der Waals surface area contributed by atoms with Crippen LogP contribution in [0, 0.1) is 18.6 Å². The lowest BCUT2D eigenvalue weighted by Gasteiger charge is -2.37. The van der Waals surface area contributed by atoms with Gasteiger partial charge in [-0.1, -0.05) is 0 Å². The Morgan fingerprint density at radius 2 is 1.61 bits per heavy atom. The molecule has 3 aromatic rings. The van der Waals surface area contributed by atoms with Crippen molar-refractivity contribution in [2.45, 2.75) is 13.5 Å². The average Bonchev–Trinajstić information content (AvgIpc) is 3.17. The maximum atomic E-state index is 15.0. The molecular formula is C23H29F2N7O. The molecule has 8 nitrogen and oxygen atoms in total. The number of fused-ring (bicyclic) bond motifs is 1. The van der Waals surface area contributed by atoms with Crippen molar-refractivity contribution in [2.75, 3.05) is 69.2 Å². The molecule has 0 spiro atoms. The fourth-order valence-corrected chi connectivity index (χ4v) is 4.73. The third kappa shape index (κ3) is 4.32. The van der Waals surface area contributed by atoms with Crippen molar-refractivity contribution in [3.05, 3.63) is 57.9 Å². The number of anilines is 2. The summed E-state index contributed by atoms with van der Waals surface area (Å²) < 4.78 is 31.7. The predicted molar refractivity (Wildman–Crippen MR) is 124 cm³/mol. The first-order chi connectivity index (χ1) is 15.9. The van der Waals surface area contributed by atoms with Gasteiger partial charge >= 0.3 is 0 Å². The quantitative estimate of drug-likeness (QED) is 0.644. The number of halogens is 2. The molecule has 0 aliphatic carbocycles. The zero-order valence-corrected chi connectivity index (χ0v) is 19.0. The summed E-state index contributed by atoms with van der Waals surface area (Å²) in [6, 6.07) is 2.94. The molecule has 0 saturated carbocycles. The van der Waals surface area contributed by atoms with Crippen molar-refractivity contribution in [1.82, 2.24) is 24.2 Å². The van der Waals surface area contributed by atoms with Crippen LogP contribution in [0.2, 0.25) is 0 Å². The molecule has 33 heavy (non-hydrogen) atoms. The number of nitrogens with one attached hydrogen (secondary N) is 1. The number of rotatable bonds is 4. The average molecular weight is 458 g/mol. The molecule has 1 N–H and O–H groups in total. The first-order valence-corrected chi connectivity index (χ1v) is 11.3. The number of aryl methyl sites for hydroxylation is 1. The molecular weight excluding hydrogens is 428 g/mol. The van der Waals surface area contributed by atoms with Crippen molar-refractivity contribution in [3.8, 4) is 0 Å². The lowest BCUT2D eigenvalue weighted by atomic mass is 10.1. The first kappa shape index (κ1) is 21.8. The molecule has 1 aromatic carbocycles. The SMILES string of the molecule is Cc1ncc2c(=O)[nH]c(N3CCN(c4c(F)cc(CN5CCN(C)CC5)cc4F)CC3)cn12. The molecule has 0 radical (unpaired) electrons. The topological polar surface area (TPSA) is 63.1 Å². The minimum absolute atomic E-state index is 0.0335. The number of H-pyrrole nitrogens is 1. The van der Waals surface area contributed by atoms with E-state index >= 15 is 0 Å². The molecule has 0 amide bonds. The second-order valence-electron chi connectivity index (χ2n) is 8.99. The summed E-state index contributed by atoms with van der Waals surface area (Å²) in [5.74, 6) is 0.376. The summed E-state index contributed by atoms with van der Waals surface area (Å²) in [4.78, 5) is 27.7. The van der Waals surface area contributed by atoms with Gasteiger partial charge < -0.3 is 19.7 Å². The summed E-state index contributed by atoms with van der Waals surface area (Å²) in [6.45, 7) is 8.10. The minimum Gasteiger partial charge on any atom is -0.363 e. The second kappa shape index (κ2) is 8.75. The number of benzene rings is 1. The maximum Gasteiger partial charge on any atom is 0.275 e. The van der Waals surface area contributed by atoms with Gasteiger partial charge in [-0.15, -0.1) is 0 Å². The maximum absolute atomic E-state index is 15.0. The van der Waals surface area contributed by atoms with Gasteiger partial charge in [-0.25, -0.2) is 13.8 Å². The first-order valence-electron chi connectivity index (χ1n) is 11.3. The van der Waals surface area contributed by atoms with Gasteiger partial charge in [-0.05, 0) is 31.7 Å². The van der Waals surface area contributed by atoms with E-state index < -0.39 is 11.6 Å². The van der Waals surface area contributed by atoms with E-state index in [0.717, 1.165) is 32.0 Å². The molecule has 4 heterocycles. The van der Waals surface area contributed by atoms with E-state index in [2.05, 4.69) is 26.8 Å². The third-order valence-corrected chi connectivity index (χ3v) is 6.72. The number of hydrogen-bond donors (Lipinski definition) is 1. The van der Waals surface area contributed by atoms with Gasteiger partial charge in [-0.2, -0.15) is 0 Å². The third-order valence-electron chi connectivity index (χ3n) is 6.72. The molecule has 10 heteroatoms. The van der Waals surface area contributed by atoms with Gasteiger partial charge in [-0.3, -0.25) is 14.1 Å². The Balaban J connectivity index is 1.28. The molecule has 0 bridgehead atoms. The van der Waals surface area contributed by atoms with Crippen LogP contribution < -0.4 is 15.4 Å². The number of nitrogens with zero attached hydrogens (tertiary/aromatic N) is 6. The van der Waals surface area contributed by atoms with Gasteiger partial charge in [0.1, 0.15) is 34.5 Å². The van der Waals surface area contributed by atoms with Crippen LogP contribution in [0.15, 0.2) is 29.3 Å². The molecule has 2 aliphatic heterocycles.